The number of ketones is 1. The van der Waals surface area contributed by atoms with Gasteiger partial charge in [-0.1, -0.05) is 5.57 Å². The lowest BCUT2D eigenvalue weighted by Gasteiger charge is -2.10. The van der Waals surface area contributed by atoms with E-state index in [9.17, 15) is 4.79 Å². The van der Waals surface area contributed by atoms with Gasteiger partial charge in [-0.2, -0.15) is 0 Å². The van der Waals surface area contributed by atoms with E-state index in [0.717, 1.165) is 16.9 Å². The van der Waals surface area contributed by atoms with E-state index in [1.54, 1.807) is 6.07 Å². The van der Waals surface area contributed by atoms with Gasteiger partial charge in [0.1, 0.15) is 18.1 Å². The van der Waals surface area contributed by atoms with Crippen LogP contribution in [-0.2, 0) is 0 Å². The Kier molecular flexibility index (Phi) is 3.98. The van der Waals surface area contributed by atoms with Gasteiger partial charge in [-0.05, 0) is 58.4 Å². The van der Waals surface area contributed by atoms with Gasteiger partial charge in [0.2, 0.25) is 5.78 Å². The molecule has 1 aromatic rings. The molecule has 3 heteroatoms. The molecule has 1 aliphatic rings. The number of carbonyl (C=O) groups excluding carboxylic acids is 1. The summed E-state index contributed by atoms with van der Waals surface area (Å²) < 4.78 is 11.4. The van der Waals surface area contributed by atoms with Crippen molar-refractivity contribution in [1.82, 2.24) is 0 Å². The zero-order chi connectivity index (χ0) is 14.9. The molecule has 0 spiro atoms. The summed E-state index contributed by atoms with van der Waals surface area (Å²) in [6.45, 7) is 10.2. The Bertz CT molecular complexity index is 613. The quantitative estimate of drug-likeness (QED) is 0.611. The van der Waals surface area contributed by atoms with E-state index in [-0.39, 0.29) is 5.78 Å². The van der Waals surface area contributed by atoms with Gasteiger partial charge < -0.3 is 9.47 Å². The third-order valence-corrected chi connectivity index (χ3v) is 3.20. The van der Waals surface area contributed by atoms with Gasteiger partial charge >= 0.3 is 0 Å². The highest BCUT2D eigenvalue weighted by Crippen LogP contribution is 2.39. The zero-order valence-electron chi connectivity index (χ0n) is 12.7. The summed E-state index contributed by atoms with van der Waals surface area (Å²) in [5.41, 5.74) is 3.59. The van der Waals surface area contributed by atoms with Crippen LogP contribution < -0.4 is 9.47 Å². The van der Waals surface area contributed by atoms with Crippen molar-refractivity contribution in [3.63, 3.8) is 0 Å². The molecule has 20 heavy (non-hydrogen) atoms. The third kappa shape index (κ3) is 2.62. The normalized spacial score (nSPS) is 12.8. The lowest BCUT2D eigenvalue weighted by atomic mass is 10.1. The Morgan fingerprint density at radius 2 is 1.95 bits per heavy atom. The Morgan fingerprint density at radius 3 is 2.55 bits per heavy atom. The standard InChI is InChI=1S/C17H20O3/c1-10(2)8-9-19-14-7-6-13-15(18)16(11(3)4)20-17(13)12(14)5/h6-8H,9H2,1-5H3. The van der Waals surface area contributed by atoms with E-state index < -0.39 is 0 Å². The average Bonchev–Trinajstić information content (AvgIpc) is 2.70. The maximum Gasteiger partial charge on any atom is 0.231 e. The number of carbonyl (C=O) groups is 1. The highest BCUT2D eigenvalue weighted by atomic mass is 16.5. The van der Waals surface area contributed by atoms with Crippen LogP contribution in [0.2, 0.25) is 0 Å². The summed E-state index contributed by atoms with van der Waals surface area (Å²) in [6.07, 6.45) is 2.01. The highest BCUT2D eigenvalue weighted by Gasteiger charge is 2.30. The number of rotatable bonds is 3. The molecular weight excluding hydrogens is 252 g/mol. The number of ether oxygens (including phenoxy) is 2. The SMILES string of the molecule is CC(C)=CCOc1ccc2c(c1C)OC(=C(C)C)C2=O. The maximum atomic E-state index is 12.2. The van der Waals surface area contributed by atoms with E-state index >= 15 is 0 Å². The Labute approximate surface area is 119 Å². The second kappa shape index (κ2) is 5.53. The monoisotopic (exact) mass is 272 g/mol. The Hall–Kier alpha value is -2.03. The topological polar surface area (TPSA) is 35.5 Å². The second-order valence-corrected chi connectivity index (χ2v) is 5.42. The minimum absolute atomic E-state index is 0.0426. The lowest BCUT2D eigenvalue weighted by Crippen LogP contribution is -2.00. The van der Waals surface area contributed by atoms with Gasteiger partial charge in [-0.25, -0.2) is 0 Å². The smallest absolute Gasteiger partial charge is 0.231 e. The molecule has 0 aromatic heterocycles. The maximum absolute atomic E-state index is 12.2. The number of fused-ring (bicyclic) bond motifs is 1. The number of hydrogen-bond donors (Lipinski definition) is 0. The minimum Gasteiger partial charge on any atom is -0.489 e. The number of benzene rings is 1. The molecule has 3 nitrogen and oxygen atoms in total. The molecule has 0 radical (unpaired) electrons. The van der Waals surface area contributed by atoms with Crippen LogP contribution in [0.1, 0.15) is 43.6 Å². The molecule has 2 rings (SSSR count). The fourth-order valence-electron chi connectivity index (χ4n) is 2.04. The van der Waals surface area contributed by atoms with Crippen molar-refractivity contribution in [3.8, 4) is 11.5 Å². The third-order valence-electron chi connectivity index (χ3n) is 3.20. The van der Waals surface area contributed by atoms with Crippen molar-refractivity contribution in [1.29, 1.82) is 0 Å². The summed E-state index contributed by atoms with van der Waals surface area (Å²) in [5, 5.41) is 0. The molecule has 1 aliphatic heterocycles. The van der Waals surface area contributed by atoms with Gasteiger partial charge in [0.25, 0.3) is 0 Å². The van der Waals surface area contributed by atoms with Gasteiger partial charge in [-0.3, -0.25) is 4.79 Å². The predicted molar refractivity (Wildman–Crippen MR) is 79.4 cm³/mol. The van der Waals surface area contributed by atoms with Crippen LogP contribution in [-0.4, -0.2) is 12.4 Å². The van der Waals surface area contributed by atoms with Crippen molar-refractivity contribution in [2.45, 2.75) is 34.6 Å². The van der Waals surface area contributed by atoms with E-state index in [0.29, 0.717) is 23.7 Å². The number of Topliss-reactive ketones (excluding diaryl/α,β-unsaturated/α-hetero) is 1. The molecule has 1 aromatic carbocycles. The van der Waals surface area contributed by atoms with Crippen molar-refractivity contribution in [3.05, 3.63) is 46.2 Å². The summed E-state index contributed by atoms with van der Waals surface area (Å²) in [4.78, 5) is 12.2. The number of allylic oxidation sites excluding steroid dienone is 3. The molecule has 0 N–H and O–H groups in total. The molecule has 0 fully saturated rings. The molecule has 0 atom stereocenters. The van der Waals surface area contributed by atoms with Crippen molar-refractivity contribution < 1.29 is 14.3 Å². The zero-order valence-corrected chi connectivity index (χ0v) is 12.7. The Morgan fingerprint density at radius 1 is 1.25 bits per heavy atom. The van der Waals surface area contributed by atoms with Crippen molar-refractivity contribution in [2.75, 3.05) is 6.61 Å². The van der Waals surface area contributed by atoms with E-state index in [4.69, 9.17) is 9.47 Å². The highest BCUT2D eigenvalue weighted by molar-refractivity contribution is 6.13. The second-order valence-electron chi connectivity index (χ2n) is 5.42. The molecule has 1 heterocycles. The minimum atomic E-state index is -0.0426. The molecule has 0 bridgehead atoms. The molecule has 106 valence electrons. The average molecular weight is 272 g/mol. The first kappa shape index (κ1) is 14.4. The van der Waals surface area contributed by atoms with Gasteiger partial charge in [-0.15, -0.1) is 0 Å². The van der Waals surface area contributed by atoms with Gasteiger partial charge in [0.05, 0.1) is 5.56 Å². The molecule has 0 aliphatic carbocycles. The van der Waals surface area contributed by atoms with Gasteiger partial charge in [0, 0.05) is 5.56 Å². The first-order chi connectivity index (χ1) is 9.41. The van der Waals surface area contributed by atoms with Crippen LogP contribution in [0.15, 0.2) is 35.1 Å². The van der Waals surface area contributed by atoms with Crippen LogP contribution >= 0.6 is 0 Å². The largest absolute Gasteiger partial charge is 0.489 e. The first-order valence-corrected chi connectivity index (χ1v) is 6.71. The van der Waals surface area contributed by atoms with E-state index in [1.165, 1.54) is 5.57 Å². The molecule has 0 saturated heterocycles. The molecule has 0 unspecified atom stereocenters. The summed E-state index contributed by atoms with van der Waals surface area (Å²) in [7, 11) is 0. The fraction of sp³-hybridized carbons (Fsp3) is 0.353. The van der Waals surface area contributed by atoms with Crippen LogP contribution in [0.25, 0.3) is 0 Å². The molecular formula is C17H20O3. The van der Waals surface area contributed by atoms with Crippen molar-refractivity contribution >= 4 is 5.78 Å². The van der Waals surface area contributed by atoms with E-state index in [1.807, 2.05) is 46.8 Å². The molecule has 0 saturated carbocycles. The van der Waals surface area contributed by atoms with Crippen LogP contribution in [0.4, 0.5) is 0 Å². The predicted octanol–water partition coefficient (Wildman–Crippen LogP) is 4.21. The van der Waals surface area contributed by atoms with Gasteiger partial charge in [0.15, 0.2) is 5.76 Å². The summed E-state index contributed by atoms with van der Waals surface area (Å²) >= 11 is 0. The lowest BCUT2D eigenvalue weighted by molar-refractivity contribution is 0.101. The van der Waals surface area contributed by atoms with Crippen LogP contribution in [0.3, 0.4) is 0 Å². The van der Waals surface area contributed by atoms with E-state index in [2.05, 4.69) is 0 Å². The Balaban J connectivity index is 2.32. The first-order valence-electron chi connectivity index (χ1n) is 6.71. The fourth-order valence-corrected chi connectivity index (χ4v) is 2.04. The van der Waals surface area contributed by atoms with Crippen LogP contribution in [0.5, 0.6) is 11.5 Å². The number of hydrogen-bond acceptors (Lipinski definition) is 3. The molecule has 0 amide bonds. The summed E-state index contributed by atoms with van der Waals surface area (Å²) in [5.74, 6) is 1.77. The summed E-state index contributed by atoms with van der Waals surface area (Å²) in [6, 6.07) is 3.61. The van der Waals surface area contributed by atoms with Crippen molar-refractivity contribution in [2.24, 2.45) is 0 Å². The van der Waals surface area contributed by atoms with Crippen LogP contribution in [0, 0.1) is 6.92 Å².